The van der Waals surface area contributed by atoms with E-state index >= 15 is 0 Å². The van der Waals surface area contributed by atoms with E-state index in [1.54, 1.807) is 0 Å². The summed E-state index contributed by atoms with van der Waals surface area (Å²) in [5.41, 5.74) is 0.306. The number of halogens is 1. The summed E-state index contributed by atoms with van der Waals surface area (Å²) < 4.78 is 1.29. The molecule has 1 unspecified atom stereocenters. The number of nitrogens with one attached hydrogen (secondary N) is 1. The first kappa shape index (κ1) is 15.7. The Kier molecular flexibility index (Phi) is 6.01. The Balaban J connectivity index is 2.48. The summed E-state index contributed by atoms with van der Waals surface area (Å²) in [6.07, 6.45) is 1.92. The summed E-state index contributed by atoms with van der Waals surface area (Å²) in [4.78, 5) is 22.0. The van der Waals surface area contributed by atoms with Crippen molar-refractivity contribution in [2.24, 2.45) is 13.0 Å². The summed E-state index contributed by atoms with van der Waals surface area (Å²) in [6.45, 7) is 2.71. The van der Waals surface area contributed by atoms with E-state index in [0.717, 1.165) is 18.2 Å². The predicted molar refractivity (Wildman–Crippen MR) is 76.6 cm³/mol. The van der Waals surface area contributed by atoms with Crippen LogP contribution >= 0.6 is 15.9 Å². The van der Waals surface area contributed by atoms with Gasteiger partial charge < -0.3 is 15.4 Å². The number of nitro groups is 1. The molecule has 0 spiro atoms. The van der Waals surface area contributed by atoms with Crippen molar-refractivity contribution in [2.75, 3.05) is 11.9 Å². The molecule has 1 aromatic rings. The van der Waals surface area contributed by atoms with E-state index < -0.39 is 4.92 Å². The number of amides is 1. The number of carbonyl (C=O) groups is 1. The Hall–Kier alpha value is -1.37. The van der Waals surface area contributed by atoms with Crippen LogP contribution in [0.3, 0.4) is 0 Å². The van der Waals surface area contributed by atoms with E-state index in [0.29, 0.717) is 18.2 Å². The molecule has 0 aromatic carbocycles. The van der Waals surface area contributed by atoms with Crippen molar-refractivity contribution >= 4 is 27.7 Å². The molecule has 1 rings (SSSR count). The van der Waals surface area contributed by atoms with Crippen LogP contribution in [0, 0.1) is 16.0 Å². The smallest absolute Gasteiger partial charge is 0.323 e. The number of hydrogen-bond acceptors (Lipinski definition) is 3. The second kappa shape index (κ2) is 7.28. The number of alkyl halides is 1. The third kappa shape index (κ3) is 4.34. The van der Waals surface area contributed by atoms with Crippen LogP contribution in [0.5, 0.6) is 0 Å². The van der Waals surface area contributed by atoms with E-state index in [-0.39, 0.29) is 11.7 Å². The van der Waals surface area contributed by atoms with Gasteiger partial charge in [0, 0.05) is 17.9 Å². The van der Waals surface area contributed by atoms with Crippen molar-refractivity contribution in [1.29, 1.82) is 0 Å². The van der Waals surface area contributed by atoms with Gasteiger partial charge in [-0.2, -0.15) is 0 Å². The Morgan fingerprint density at radius 3 is 2.79 bits per heavy atom. The summed E-state index contributed by atoms with van der Waals surface area (Å²) in [5, 5.41) is 14.4. The molecule has 0 bridgehead atoms. The molecule has 106 valence electrons. The second-order valence-corrected chi connectivity index (χ2v) is 5.20. The first-order valence-electron chi connectivity index (χ1n) is 6.11. The SMILES string of the molecule is CC(CBr)CCCNC(=O)c1ccc([N+](=O)[O-])n1C. The highest BCUT2D eigenvalue weighted by molar-refractivity contribution is 9.09. The van der Waals surface area contributed by atoms with Crippen LogP contribution in [0.2, 0.25) is 0 Å². The van der Waals surface area contributed by atoms with Crippen molar-refractivity contribution in [3.63, 3.8) is 0 Å². The van der Waals surface area contributed by atoms with Crippen LogP contribution in [0.15, 0.2) is 12.1 Å². The lowest BCUT2D eigenvalue weighted by Gasteiger charge is -2.07. The van der Waals surface area contributed by atoms with E-state index in [1.165, 1.54) is 23.7 Å². The lowest BCUT2D eigenvalue weighted by Crippen LogP contribution is -2.26. The second-order valence-electron chi connectivity index (χ2n) is 4.55. The zero-order chi connectivity index (χ0) is 14.4. The molecule has 1 heterocycles. The van der Waals surface area contributed by atoms with Crippen LogP contribution < -0.4 is 5.32 Å². The summed E-state index contributed by atoms with van der Waals surface area (Å²) >= 11 is 3.40. The van der Waals surface area contributed by atoms with Gasteiger partial charge in [0.25, 0.3) is 5.91 Å². The van der Waals surface area contributed by atoms with Gasteiger partial charge in [0.15, 0.2) is 5.69 Å². The molecule has 1 N–H and O–H groups in total. The zero-order valence-corrected chi connectivity index (χ0v) is 12.6. The van der Waals surface area contributed by atoms with E-state index in [1.807, 2.05) is 0 Å². The minimum Gasteiger partial charge on any atom is -0.358 e. The quantitative estimate of drug-likeness (QED) is 0.361. The normalized spacial score (nSPS) is 12.2. The molecular weight excluding hydrogens is 314 g/mol. The molecule has 0 aliphatic heterocycles. The molecule has 0 fully saturated rings. The summed E-state index contributed by atoms with van der Waals surface area (Å²) in [6, 6.07) is 2.80. The molecule has 1 amide bonds. The maximum atomic E-state index is 11.9. The topological polar surface area (TPSA) is 77.2 Å². The maximum absolute atomic E-state index is 11.9. The van der Waals surface area contributed by atoms with Crippen molar-refractivity contribution in [3.8, 4) is 0 Å². The Morgan fingerprint density at radius 1 is 1.58 bits per heavy atom. The van der Waals surface area contributed by atoms with Gasteiger partial charge >= 0.3 is 5.82 Å². The number of hydrogen-bond donors (Lipinski definition) is 1. The Bertz CT molecular complexity index is 459. The summed E-state index contributed by atoms with van der Waals surface area (Å²) in [5.74, 6) is 0.216. The number of carbonyl (C=O) groups excluding carboxylic acids is 1. The Labute approximate surface area is 120 Å². The van der Waals surface area contributed by atoms with Crippen molar-refractivity contribution in [3.05, 3.63) is 27.9 Å². The molecule has 7 heteroatoms. The van der Waals surface area contributed by atoms with Gasteiger partial charge in [-0.05, 0) is 29.7 Å². The minimum absolute atomic E-state index is 0.0851. The third-order valence-corrected chi connectivity index (χ3v) is 4.04. The maximum Gasteiger partial charge on any atom is 0.323 e. The standard InChI is InChI=1S/C12H18BrN3O3/c1-9(8-13)4-3-7-14-12(17)10-5-6-11(15(10)2)16(18)19/h5-6,9H,3-4,7-8H2,1-2H3,(H,14,17). The van der Waals surface area contributed by atoms with Crippen LogP contribution in [0.1, 0.15) is 30.3 Å². The van der Waals surface area contributed by atoms with E-state index in [2.05, 4.69) is 28.2 Å². The van der Waals surface area contributed by atoms with Crippen molar-refractivity contribution in [2.45, 2.75) is 19.8 Å². The lowest BCUT2D eigenvalue weighted by atomic mass is 10.1. The highest BCUT2D eigenvalue weighted by Crippen LogP contribution is 2.14. The molecule has 0 saturated carbocycles. The number of nitrogens with zero attached hydrogens (tertiary/aromatic N) is 2. The first-order valence-corrected chi connectivity index (χ1v) is 7.23. The molecule has 1 aromatic heterocycles. The highest BCUT2D eigenvalue weighted by Gasteiger charge is 2.19. The van der Waals surface area contributed by atoms with Crippen LogP contribution in [-0.2, 0) is 7.05 Å². The largest absolute Gasteiger partial charge is 0.358 e. The Morgan fingerprint density at radius 2 is 2.26 bits per heavy atom. The molecule has 0 aliphatic rings. The molecule has 19 heavy (non-hydrogen) atoms. The van der Waals surface area contributed by atoms with Gasteiger partial charge in [-0.25, -0.2) is 4.57 Å². The van der Waals surface area contributed by atoms with Gasteiger partial charge in [-0.15, -0.1) is 0 Å². The fraction of sp³-hybridized carbons (Fsp3) is 0.583. The minimum atomic E-state index is -0.505. The van der Waals surface area contributed by atoms with Crippen molar-refractivity contribution in [1.82, 2.24) is 9.88 Å². The van der Waals surface area contributed by atoms with E-state index in [4.69, 9.17) is 0 Å². The monoisotopic (exact) mass is 331 g/mol. The molecule has 0 aliphatic carbocycles. The van der Waals surface area contributed by atoms with Gasteiger partial charge in [-0.1, -0.05) is 22.9 Å². The molecule has 0 saturated heterocycles. The van der Waals surface area contributed by atoms with E-state index in [9.17, 15) is 14.9 Å². The predicted octanol–water partition coefficient (Wildman–Crippen LogP) is 2.47. The van der Waals surface area contributed by atoms with Gasteiger partial charge in [0.05, 0.1) is 7.05 Å². The first-order chi connectivity index (χ1) is 8.97. The number of rotatable bonds is 7. The average Bonchev–Trinajstić information content (AvgIpc) is 2.76. The van der Waals surface area contributed by atoms with Gasteiger partial charge in [0.2, 0.25) is 0 Å². The van der Waals surface area contributed by atoms with Crippen LogP contribution in [0.4, 0.5) is 5.82 Å². The van der Waals surface area contributed by atoms with Crippen molar-refractivity contribution < 1.29 is 9.72 Å². The summed E-state index contributed by atoms with van der Waals surface area (Å²) in [7, 11) is 1.51. The lowest BCUT2D eigenvalue weighted by molar-refractivity contribution is -0.391. The zero-order valence-electron chi connectivity index (χ0n) is 11.1. The van der Waals surface area contributed by atoms with Crippen LogP contribution in [-0.4, -0.2) is 27.3 Å². The van der Waals surface area contributed by atoms with Gasteiger partial charge in [-0.3, -0.25) is 4.79 Å². The highest BCUT2D eigenvalue weighted by atomic mass is 79.9. The molecule has 1 atom stereocenters. The fourth-order valence-electron chi connectivity index (χ4n) is 1.73. The van der Waals surface area contributed by atoms with Crippen LogP contribution in [0.25, 0.3) is 0 Å². The number of aromatic nitrogens is 1. The molecule has 6 nitrogen and oxygen atoms in total. The van der Waals surface area contributed by atoms with Gasteiger partial charge in [0.1, 0.15) is 0 Å². The molecular formula is C12H18BrN3O3. The third-order valence-electron chi connectivity index (χ3n) is 2.94. The average molecular weight is 332 g/mol. The molecule has 0 radical (unpaired) electrons. The fourth-order valence-corrected chi connectivity index (χ4v) is 2.06.